The number of carbonyl (C=O) groups excluding carboxylic acids is 3. The Morgan fingerprint density at radius 1 is 0.891 bits per heavy atom. The molecule has 2 bridgehead atoms. The van der Waals surface area contributed by atoms with Crippen LogP contribution < -0.4 is 9.80 Å². The van der Waals surface area contributed by atoms with Gasteiger partial charge in [0.05, 0.1) is 16.6 Å². The van der Waals surface area contributed by atoms with E-state index in [0.717, 1.165) is 35.0 Å². The van der Waals surface area contributed by atoms with Crippen molar-refractivity contribution in [1.82, 2.24) is 4.90 Å². The lowest BCUT2D eigenvalue weighted by Crippen LogP contribution is -2.55. The van der Waals surface area contributed by atoms with E-state index >= 15 is 4.79 Å². The molecule has 3 aromatic carbocycles. The average Bonchev–Trinajstić information content (AvgIpc) is 3.64. The zero-order valence-corrected chi connectivity index (χ0v) is 27.3. The Labute approximate surface area is 275 Å². The Balaban J connectivity index is 1.42. The first-order chi connectivity index (χ1) is 22.3. The number of para-hydroxylation sites is 1. The number of unbranched alkanes of at least 4 members (excludes halogenated alkanes) is 2. The summed E-state index contributed by atoms with van der Waals surface area (Å²) in [5.41, 5.74) is 1.53. The quantitative estimate of drug-likeness (QED) is 0.178. The smallest absolute Gasteiger partial charge is 0.251 e. The lowest BCUT2D eigenvalue weighted by atomic mass is 9.66. The van der Waals surface area contributed by atoms with Crippen LogP contribution in [0.25, 0.3) is 10.8 Å². The lowest BCUT2D eigenvalue weighted by molar-refractivity contribution is -0.139. The van der Waals surface area contributed by atoms with E-state index in [4.69, 9.17) is 0 Å². The molecule has 0 aliphatic carbocycles. The minimum atomic E-state index is -0.729. The molecule has 3 aliphatic heterocycles. The van der Waals surface area contributed by atoms with Crippen molar-refractivity contribution in [3.05, 3.63) is 98.1 Å². The minimum absolute atomic E-state index is 0.0847. The van der Waals surface area contributed by atoms with E-state index in [2.05, 4.69) is 20.1 Å². The molecule has 2 unspecified atom stereocenters. The van der Waals surface area contributed by atoms with Crippen LogP contribution in [0, 0.1) is 11.8 Å². The van der Waals surface area contributed by atoms with E-state index in [1.165, 1.54) is 0 Å². The number of benzene rings is 3. The van der Waals surface area contributed by atoms with Crippen molar-refractivity contribution in [2.75, 3.05) is 36.0 Å². The zero-order valence-electron chi connectivity index (χ0n) is 26.5. The summed E-state index contributed by atoms with van der Waals surface area (Å²) in [4.78, 5) is 49.6. The first-order valence-corrected chi connectivity index (χ1v) is 17.1. The Morgan fingerprint density at radius 2 is 1.57 bits per heavy atom. The fourth-order valence-electron chi connectivity index (χ4n) is 8.06. The van der Waals surface area contributed by atoms with Gasteiger partial charge in [-0.15, -0.1) is 24.9 Å². The predicted octanol–water partition coefficient (Wildman–Crippen LogP) is 6.22. The van der Waals surface area contributed by atoms with E-state index in [-0.39, 0.29) is 24.3 Å². The highest BCUT2D eigenvalue weighted by molar-refractivity contribution is 8.02. The highest BCUT2D eigenvalue weighted by Crippen LogP contribution is 2.71. The van der Waals surface area contributed by atoms with Gasteiger partial charge in [0.15, 0.2) is 0 Å². The number of amides is 3. The zero-order chi connectivity index (χ0) is 32.5. The van der Waals surface area contributed by atoms with Crippen molar-refractivity contribution < 1.29 is 19.5 Å². The van der Waals surface area contributed by atoms with Crippen LogP contribution in [0.2, 0.25) is 0 Å². The molecule has 1 spiro atoms. The molecule has 7 nitrogen and oxygen atoms in total. The summed E-state index contributed by atoms with van der Waals surface area (Å²) in [6.07, 6.45) is 6.92. The highest BCUT2D eigenvalue weighted by atomic mass is 32.2. The third-order valence-electron chi connectivity index (χ3n) is 10.1. The predicted molar refractivity (Wildman–Crippen MR) is 187 cm³/mol. The van der Waals surface area contributed by atoms with Crippen LogP contribution >= 0.6 is 11.8 Å². The third-order valence-corrected chi connectivity index (χ3v) is 12.1. The van der Waals surface area contributed by atoms with E-state index in [0.29, 0.717) is 38.9 Å². The molecular weight excluding hydrogens is 595 g/mol. The molecule has 0 aromatic heterocycles. The monoisotopic (exact) mass is 637 g/mol. The number of likely N-dealkylation sites (tertiary alicyclic amines) is 1. The molecule has 3 aromatic rings. The summed E-state index contributed by atoms with van der Waals surface area (Å²) in [6.45, 7) is 11.1. The Bertz CT molecular complexity index is 1650. The van der Waals surface area contributed by atoms with Crippen molar-refractivity contribution in [1.29, 1.82) is 0 Å². The molecule has 3 saturated heterocycles. The number of fused-ring (bicyclic) bond motifs is 2. The maximum Gasteiger partial charge on any atom is 0.251 e. The van der Waals surface area contributed by atoms with E-state index in [1.54, 1.807) is 38.6 Å². The number of aliphatic hydroxyl groups excluding tert-OH is 1. The number of thioether (sulfide) groups is 1. The SMILES string of the molecule is C=CCN(C(=O)C1N(CCCCCO)C(=O)[C@@H]2[C@H](C(=O)N(CC=C)c3ccccc3)[C@]3(C)CCC12S3)c1ccc2ccccc2c1. The van der Waals surface area contributed by atoms with Crippen LogP contribution in [0.4, 0.5) is 11.4 Å². The number of nitrogens with zero attached hydrogens (tertiary/aromatic N) is 3. The van der Waals surface area contributed by atoms with Crippen LogP contribution in [-0.2, 0) is 14.4 Å². The largest absolute Gasteiger partial charge is 0.396 e. The van der Waals surface area contributed by atoms with Gasteiger partial charge in [-0.2, -0.15) is 0 Å². The van der Waals surface area contributed by atoms with Gasteiger partial charge in [0.25, 0.3) is 5.91 Å². The molecule has 8 heteroatoms. The molecule has 0 radical (unpaired) electrons. The van der Waals surface area contributed by atoms with Crippen LogP contribution in [0.3, 0.4) is 0 Å². The molecule has 5 atom stereocenters. The Hall–Kier alpha value is -3.88. The summed E-state index contributed by atoms with van der Waals surface area (Å²) in [6, 6.07) is 22.9. The number of hydrogen-bond donors (Lipinski definition) is 1. The summed E-state index contributed by atoms with van der Waals surface area (Å²) < 4.78 is -1.22. The van der Waals surface area contributed by atoms with Gasteiger partial charge < -0.3 is 19.8 Å². The standard InChI is InChI=1S/C38H43N3O4S/c1-4-22-39(29-16-8-6-9-17-29)34(43)31-32-35(44)41(24-12-7-13-25-42)33(38(32)21-20-37(31,3)46-38)36(45)40(23-5-2)30-19-18-27-14-10-11-15-28(27)26-30/h4-6,8-11,14-19,26,31-33,42H,1-2,7,12-13,20-25H2,3H3/t31-,32+,33?,37+,38?/m1/s1. The van der Waals surface area contributed by atoms with Crippen LogP contribution in [0.15, 0.2) is 98.1 Å². The van der Waals surface area contributed by atoms with Crippen LogP contribution in [0.1, 0.15) is 39.0 Å². The van der Waals surface area contributed by atoms with Gasteiger partial charge in [-0.05, 0) is 74.1 Å². The minimum Gasteiger partial charge on any atom is -0.396 e. The molecule has 46 heavy (non-hydrogen) atoms. The van der Waals surface area contributed by atoms with E-state index in [1.807, 2.05) is 72.8 Å². The van der Waals surface area contributed by atoms with Gasteiger partial charge in [-0.3, -0.25) is 14.4 Å². The number of hydrogen-bond acceptors (Lipinski definition) is 5. The van der Waals surface area contributed by atoms with Crippen molar-refractivity contribution in [2.45, 2.75) is 54.6 Å². The number of carbonyl (C=O) groups is 3. The van der Waals surface area contributed by atoms with Gasteiger partial charge >= 0.3 is 0 Å². The van der Waals surface area contributed by atoms with Gasteiger partial charge in [0.2, 0.25) is 11.8 Å². The first kappa shape index (κ1) is 32.1. The maximum absolute atomic E-state index is 15.0. The molecule has 3 aliphatic rings. The Kier molecular flexibility index (Phi) is 9.12. The molecule has 1 N–H and O–H groups in total. The van der Waals surface area contributed by atoms with Gasteiger partial charge in [0.1, 0.15) is 6.04 Å². The second-order valence-electron chi connectivity index (χ2n) is 12.9. The number of aliphatic hydroxyl groups is 1. The van der Waals surface area contributed by atoms with E-state index in [9.17, 15) is 14.7 Å². The lowest BCUT2D eigenvalue weighted by Gasteiger charge is -2.38. The normalized spacial score (nSPS) is 26.3. The van der Waals surface area contributed by atoms with Gasteiger partial charge in [0, 0.05) is 42.4 Å². The van der Waals surface area contributed by atoms with Crippen LogP contribution in [-0.4, -0.2) is 69.5 Å². The van der Waals surface area contributed by atoms with Crippen molar-refractivity contribution >= 4 is 51.6 Å². The van der Waals surface area contributed by atoms with Crippen molar-refractivity contribution in [3.8, 4) is 0 Å². The molecule has 6 rings (SSSR count). The Morgan fingerprint density at radius 3 is 2.26 bits per heavy atom. The van der Waals surface area contributed by atoms with Crippen molar-refractivity contribution in [2.24, 2.45) is 11.8 Å². The molecule has 240 valence electrons. The fraction of sp³-hybridized carbons (Fsp3) is 0.395. The molecule has 0 saturated carbocycles. The average molecular weight is 638 g/mol. The highest BCUT2D eigenvalue weighted by Gasteiger charge is 2.77. The van der Waals surface area contributed by atoms with Crippen LogP contribution in [0.5, 0.6) is 0 Å². The van der Waals surface area contributed by atoms with Crippen molar-refractivity contribution in [3.63, 3.8) is 0 Å². The van der Waals surface area contributed by atoms with E-state index < -0.39 is 27.4 Å². The fourth-order valence-corrected chi connectivity index (χ4v) is 10.4. The second-order valence-corrected chi connectivity index (χ2v) is 14.8. The summed E-state index contributed by atoms with van der Waals surface area (Å²) in [5.74, 6) is -1.53. The molecule has 3 amide bonds. The molecule has 3 fully saturated rings. The second kappa shape index (κ2) is 13.1. The number of anilines is 2. The van der Waals surface area contributed by atoms with Gasteiger partial charge in [-0.1, -0.05) is 60.7 Å². The summed E-state index contributed by atoms with van der Waals surface area (Å²) >= 11 is 1.69. The van der Waals surface area contributed by atoms with Gasteiger partial charge in [-0.25, -0.2) is 0 Å². The first-order valence-electron chi connectivity index (χ1n) is 16.3. The third kappa shape index (κ3) is 5.35. The topological polar surface area (TPSA) is 81.2 Å². The maximum atomic E-state index is 15.0. The molecule has 3 heterocycles. The number of rotatable bonds is 13. The molecular formula is C38H43N3O4S. The summed E-state index contributed by atoms with van der Waals surface area (Å²) in [7, 11) is 0. The summed E-state index contributed by atoms with van der Waals surface area (Å²) in [5, 5.41) is 11.5.